The van der Waals surface area contributed by atoms with Crippen LogP contribution in [0, 0.1) is 12.8 Å². The molecule has 1 aliphatic rings. The van der Waals surface area contributed by atoms with Crippen molar-refractivity contribution in [1.82, 2.24) is 0 Å². The standard InChI is InChI=1S/C12H12N2O3/c1-6-2-3-8(16)11-9(6)10(12(17)14-11)7(4-13)5-15/h2-3,5,7,16H,4,13H2,1H3. The van der Waals surface area contributed by atoms with Gasteiger partial charge in [0.25, 0.3) is 5.91 Å². The molecule has 0 saturated heterocycles. The summed E-state index contributed by atoms with van der Waals surface area (Å²) in [5, 5.41) is 10.4. The van der Waals surface area contributed by atoms with Crippen LogP contribution in [0.25, 0.3) is 5.57 Å². The van der Waals surface area contributed by atoms with Crippen molar-refractivity contribution in [3.8, 4) is 5.75 Å². The largest absolute Gasteiger partial charge is 0.506 e. The van der Waals surface area contributed by atoms with Gasteiger partial charge >= 0.3 is 0 Å². The van der Waals surface area contributed by atoms with Crippen LogP contribution in [0.3, 0.4) is 0 Å². The van der Waals surface area contributed by atoms with E-state index in [2.05, 4.69) is 4.99 Å². The number of fused-ring (bicyclic) bond motifs is 1. The molecular formula is C12H12N2O3. The Morgan fingerprint density at radius 1 is 1.53 bits per heavy atom. The third-order valence-electron chi connectivity index (χ3n) is 2.87. The Labute approximate surface area is 97.3 Å². The molecule has 1 amide bonds. The van der Waals surface area contributed by atoms with Gasteiger partial charge in [-0.25, -0.2) is 4.99 Å². The van der Waals surface area contributed by atoms with E-state index in [1.807, 2.05) is 0 Å². The molecule has 3 N–H and O–H groups in total. The molecule has 17 heavy (non-hydrogen) atoms. The molecule has 0 saturated carbocycles. The number of phenolic OH excluding ortho intramolecular Hbond substituents is 1. The topological polar surface area (TPSA) is 92.7 Å². The van der Waals surface area contributed by atoms with Gasteiger partial charge in [-0.1, -0.05) is 6.07 Å². The molecule has 0 aromatic heterocycles. The molecule has 1 aliphatic heterocycles. The van der Waals surface area contributed by atoms with Crippen molar-refractivity contribution in [3.63, 3.8) is 0 Å². The Bertz CT molecular complexity index is 619. The van der Waals surface area contributed by atoms with Crippen LogP contribution in [0.1, 0.15) is 5.56 Å². The predicted molar refractivity (Wildman–Crippen MR) is 60.6 cm³/mol. The molecule has 2 rings (SSSR count). The first kappa shape index (κ1) is 11.5. The van der Waals surface area contributed by atoms with Crippen molar-refractivity contribution >= 4 is 17.8 Å². The number of hydrogen-bond donors (Lipinski definition) is 2. The molecule has 0 bridgehead atoms. The molecule has 1 unspecified atom stereocenters. The van der Waals surface area contributed by atoms with Crippen LogP contribution < -0.4 is 16.3 Å². The van der Waals surface area contributed by atoms with Gasteiger partial charge in [0, 0.05) is 17.3 Å². The number of aldehydes is 1. The normalized spacial score (nSPS) is 15.4. The van der Waals surface area contributed by atoms with Crippen LogP contribution >= 0.6 is 0 Å². The average Bonchev–Trinajstić information content (AvgIpc) is 2.65. The fourth-order valence-corrected chi connectivity index (χ4v) is 1.99. The predicted octanol–water partition coefficient (Wildman–Crippen LogP) is -1.22. The van der Waals surface area contributed by atoms with E-state index in [1.54, 1.807) is 13.0 Å². The molecule has 0 spiro atoms. The number of nitrogens with zero attached hydrogens (tertiary/aromatic N) is 1. The lowest BCUT2D eigenvalue weighted by Crippen LogP contribution is -2.31. The molecule has 5 heteroatoms. The number of aromatic hydroxyl groups is 1. The number of benzene rings is 1. The number of amides is 1. The lowest BCUT2D eigenvalue weighted by molar-refractivity contribution is -0.115. The molecule has 1 atom stereocenters. The number of rotatable bonds is 3. The zero-order chi connectivity index (χ0) is 12.6. The van der Waals surface area contributed by atoms with Crippen molar-refractivity contribution in [2.75, 3.05) is 6.54 Å². The van der Waals surface area contributed by atoms with E-state index < -0.39 is 11.8 Å². The van der Waals surface area contributed by atoms with Crippen LogP contribution in [-0.2, 0) is 9.59 Å². The smallest absolute Gasteiger partial charge is 0.275 e. The maximum atomic E-state index is 11.8. The third-order valence-corrected chi connectivity index (χ3v) is 2.87. The molecule has 88 valence electrons. The van der Waals surface area contributed by atoms with E-state index in [9.17, 15) is 14.7 Å². The molecule has 1 aromatic carbocycles. The molecule has 0 aliphatic carbocycles. The molecule has 1 heterocycles. The van der Waals surface area contributed by atoms with Gasteiger partial charge in [-0.2, -0.15) is 0 Å². The van der Waals surface area contributed by atoms with E-state index in [4.69, 9.17) is 5.73 Å². The zero-order valence-corrected chi connectivity index (χ0v) is 9.30. The monoisotopic (exact) mass is 232 g/mol. The van der Waals surface area contributed by atoms with Gasteiger partial charge in [-0.05, 0) is 18.6 Å². The average molecular weight is 232 g/mol. The van der Waals surface area contributed by atoms with E-state index >= 15 is 0 Å². The van der Waals surface area contributed by atoms with Gasteiger partial charge < -0.3 is 15.6 Å². The number of nitrogens with two attached hydrogens (primary N) is 1. The van der Waals surface area contributed by atoms with Crippen LogP contribution in [0.2, 0.25) is 0 Å². The summed E-state index contributed by atoms with van der Waals surface area (Å²) in [6.07, 6.45) is 0.640. The quantitative estimate of drug-likeness (QED) is 0.639. The minimum atomic E-state index is -0.673. The maximum absolute atomic E-state index is 11.8. The second kappa shape index (κ2) is 4.10. The third kappa shape index (κ3) is 1.64. The number of phenols is 1. The summed E-state index contributed by atoms with van der Waals surface area (Å²) in [5.41, 5.74) is 6.54. The molecular weight excluding hydrogens is 220 g/mol. The highest BCUT2D eigenvalue weighted by Gasteiger charge is 2.26. The maximum Gasteiger partial charge on any atom is 0.275 e. The van der Waals surface area contributed by atoms with Crippen molar-refractivity contribution in [3.05, 3.63) is 28.3 Å². The van der Waals surface area contributed by atoms with Gasteiger partial charge in [0.2, 0.25) is 0 Å². The summed E-state index contributed by atoms with van der Waals surface area (Å²) in [7, 11) is 0. The Morgan fingerprint density at radius 3 is 2.82 bits per heavy atom. The summed E-state index contributed by atoms with van der Waals surface area (Å²) in [4.78, 5) is 26.5. The van der Waals surface area contributed by atoms with E-state index in [0.29, 0.717) is 11.5 Å². The molecule has 0 fully saturated rings. The van der Waals surface area contributed by atoms with Crippen molar-refractivity contribution in [2.24, 2.45) is 16.6 Å². The van der Waals surface area contributed by atoms with Gasteiger partial charge in [-0.15, -0.1) is 0 Å². The molecule has 0 radical (unpaired) electrons. The number of aryl methyl sites for hydroxylation is 1. The van der Waals surface area contributed by atoms with Gasteiger partial charge in [-0.3, -0.25) is 4.79 Å². The van der Waals surface area contributed by atoms with Crippen molar-refractivity contribution < 1.29 is 14.7 Å². The van der Waals surface area contributed by atoms with Gasteiger partial charge in [0.05, 0.1) is 5.92 Å². The second-order valence-electron chi connectivity index (χ2n) is 3.93. The highest BCUT2D eigenvalue weighted by molar-refractivity contribution is 6.18. The van der Waals surface area contributed by atoms with Crippen LogP contribution in [0.4, 0.5) is 0 Å². The minimum absolute atomic E-state index is 0.0502. The summed E-state index contributed by atoms with van der Waals surface area (Å²) >= 11 is 0. The Kier molecular flexibility index (Phi) is 2.77. The van der Waals surface area contributed by atoms with E-state index in [-0.39, 0.29) is 23.2 Å². The van der Waals surface area contributed by atoms with Crippen molar-refractivity contribution in [1.29, 1.82) is 0 Å². The van der Waals surface area contributed by atoms with Crippen LogP contribution in [-0.4, -0.2) is 23.8 Å². The highest BCUT2D eigenvalue weighted by atomic mass is 16.3. The summed E-state index contributed by atoms with van der Waals surface area (Å²) in [6.45, 7) is 1.85. The number of carbonyl (C=O) groups is 2. The lowest BCUT2D eigenvalue weighted by Gasteiger charge is -2.07. The lowest BCUT2D eigenvalue weighted by atomic mass is 9.96. The van der Waals surface area contributed by atoms with Crippen LogP contribution in [0.5, 0.6) is 5.75 Å². The Morgan fingerprint density at radius 2 is 2.24 bits per heavy atom. The molecule has 1 aromatic rings. The number of hydrogen-bond acceptors (Lipinski definition) is 4. The first-order valence-corrected chi connectivity index (χ1v) is 5.21. The second-order valence-corrected chi connectivity index (χ2v) is 3.93. The fourth-order valence-electron chi connectivity index (χ4n) is 1.99. The minimum Gasteiger partial charge on any atom is -0.506 e. The van der Waals surface area contributed by atoms with E-state index in [0.717, 1.165) is 5.56 Å². The van der Waals surface area contributed by atoms with Gasteiger partial charge in [0.1, 0.15) is 17.4 Å². The number of carbonyl (C=O) groups excluding carboxylic acids is 2. The summed E-state index contributed by atoms with van der Waals surface area (Å²) in [6, 6.07) is 3.16. The fraction of sp³-hybridized carbons (Fsp3) is 0.250. The first-order chi connectivity index (χ1) is 8.10. The SMILES string of the molecule is Cc1ccc(O)c2c1=C(C(C=O)CN)C(=O)N=2. The van der Waals surface area contributed by atoms with Gasteiger partial charge in [0.15, 0.2) is 0 Å². The van der Waals surface area contributed by atoms with E-state index in [1.165, 1.54) is 6.07 Å². The highest BCUT2D eigenvalue weighted by Crippen LogP contribution is 2.14. The zero-order valence-electron chi connectivity index (χ0n) is 9.30. The van der Waals surface area contributed by atoms with Crippen LogP contribution in [0.15, 0.2) is 17.1 Å². The Hall–Kier alpha value is -2.01. The summed E-state index contributed by atoms with van der Waals surface area (Å²) < 4.78 is 0. The van der Waals surface area contributed by atoms with Crippen molar-refractivity contribution in [2.45, 2.75) is 6.92 Å². The molecule has 5 nitrogen and oxygen atoms in total. The first-order valence-electron chi connectivity index (χ1n) is 5.21. The summed E-state index contributed by atoms with van der Waals surface area (Å²) in [5.74, 6) is -1.23. The Balaban J connectivity index is 2.88.